The van der Waals surface area contributed by atoms with Crippen LogP contribution in [-0.4, -0.2) is 24.7 Å². The highest BCUT2D eigenvalue weighted by molar-refractivity contribution is 5.76. The van der Waals surface area contributed by atoms with Gasteiger partial charge in [0.05, 0.1) is 19.6 Å². The van der Waals surface area contributed by atoms with Crippen LogP contribution in [0.5, 0.6) is 5.75 Å². The summed E-state index contributed by atoms with van der Waals surface area (Å²) in [5.74, 6) is 0.0905. The average Bonchev–Trinajstić information content (AvgIpc) is 2.55. The van der Waals surface area contributed by atoms with Gasteiger partial charge in [0.2, 0.25) is 5.91 Å². The molecule has 0 saturated heterocycles. The van der Waals surface area contributed by atoms with E-state index in [-0.39, 0.29) is 12.3 Å². The fraction of sp³-hybridized carbons (Fsp3) is 0.278. The number of benzene rings is 2. The smallest absolute Gasteiger partial charge is 0.222 e. The number of methoxy groups -OCH3 is 1. The van der Waals surface area contributed by atoms with Gasteiger partial charge in [-0.3, -0.25) is 4.79 Å². The summed E-state index contributed by atoms with van der Waals surface area (Å²) in [5.41, 5.74) is 1.48. The van der Waals surface area contributed by atoms with Gasteiger partial charge >= 0.3 is 0 Å². The minimum absolute atomic E-state index is 0.0912. The lowest BCUT2D eigenvalue weighted by atomic mass is 10.1. The van der Waals surface area contributed by atoms with E-state index in [1.165, 1.54) is 18.2 Å². The third kappa shape index (κ3) is 5.38. The number of halogens is 1. The Bertz CT molecular complexity index is 643. The molecule has 2 aromatic rings. The molecule has 2 aromatic carbocycles. The molecule has 1 amide bonds. The Hall–Kier alpha value is -2.40. The van der Waals surface area contributed by atoms with Crippen molar-refractivity contribution in [3.8, 4) is 5.75 Å². The molecule has 0 radical (unpaired) electrons. The molecular weight excluding hydrogens is 297 g/mol. The van der Waals surface area contributed by atoms with E-state index in [0.717, 1.165) is 11.3 Å². The quantitative estimate of drug-likeness (QED) is 0.825. The average molecular weight is 317 g/mol. The maximum atomic E-state index is 13.1. The van der Waals surface area contributed by atoms with E-state index in [0.29, 0.717) is 18.5 Å². The van der Waals surface area contributed by atoms with Crippen molar-refractivity contribution in [2.45, 2.75) is 18.9 Å². The Balaban J connectivity index is 1.76. The first-order valence-corrected chi connectivity index (χ1v) is 7.41. The highest BCUT2D eigenvalue weighted by Gasteiger charge is 2.13. The SMILES string of the molecule is COc1ccc(CCNC(=O)CC(O)c2cccc(F)c2)cc1. The predicted octanol–water partition coefficient (Wildman–Crippen LogP) is 2.62. The summed E-state index contributed by atoms with van der Waals surface area (Å²) in [6.07, 6.45) is -0.413. The number of ether oxygens (including phenoxy) is 1. The van der Waals surface area contributed by atoms with Gasteiger partial charge in [-0.15, -0.1) is 0 Å². The van der Waals surface area contributed by atoms with Crippen LogP contribution in [0.25, 0.3) is 0 Å². The second kappa shape index (κ2) is 8.29. The van der Waals surface area contributed by atoms with E-state index in [1.54, 1.807) is 13.2 Å². The molecule has 1 unspecified atom stereocenters. The van der Waals surface area contributed by atoms with Crippen LogP contribution in [0.3, 0.4) is 0 Å². The number of rotatable bonds is 7. The number of amides is 1. The van der Waals surface area contributed by atoms with Crippen LogP contribution in [-0.2, 0) is 11.2 Å². The Morgan fingerprint density at radius 3 is 2.65 bits per heavy atom. The second-order valence-electron chi connectivity index (χ2n) is 5.22. The Labute approximate surface area is 134 Å². The zero-order chi connectivity index (χ0) is 16.7. The third-order valence-corrected chi connectivity index (χ3v) is 3.51. The van der Waals surface area contributed by atoms with Gasteiger partial charge in [-0.2, -0.15) is 0 Å². The molecule has 2 N–H and O–H groups in total. The molecule has 5 heteroatoms. The number of hydrogen-bond acceptors (Lipinski definition) is 3. The topological polar surface area (TPSA) is 58.6 Å². The zero-order valence-corrected chi connectivity index (χ0v) is 13.0. The van der Waals surface area contributed by atoms with Gasteiger partial charge in [0.25, 0.3) is 0 Å². The normalized spacial score (nSPS) is 11.8. The monoisotopic (exact) mass is 317 g/mol. The summed E-state index contributed by atoms with van der Waals surface area (Å²) in [5, 5.41) is 12.7. The number of nitrogens with one attached hydrogen (secondary N) is 1. The Morgan fingerprint density at radius 1 is 1.26 bits per heavy atom. The van der Waals surface area contributed by atoms with Gasteiger partial charge in [0, 0.05) is 6.54 Å². The van der Waals surface area contributed by atoms with Crippen LogP contribution in [0.4, 0.5) is 4.39 Å². The van der Waals surface area contributed by atoms with Gasteiger partial charge in [0.1, 0.15) is 11.6 Å². The summed E-state index contributed by atoms with van der Waals surface area (Å²) in [4.78, 5) is 11.8. The third-order valence-electron chi connectivity index (χ3n) is 3.51. The lowest BCUT2D eigenvalue weighted by molar-refractivity contribution is -0.123. The number of hydrogen-bond donors (Lipinski definition) is 2. The van der Waals surface area contributed by atoms with Gasteiger partial charge in [-0.25, -0.2) is 4.39 Å². The second-order valence-corrected chi connectivity index (χ2v) is 5.22. The van der Waals surface area contributed by atoms with Crippen LogP contribution >= 0.6 is 0 Å². The highest BCUT2D eigenvalue weighted by atomic mass is 19.1. The molecule has 1 atom stereocenters. The number of carbonyl (C=O) groups is 1. The number of carbonyl (C=O) groups excluding carboxylic acids is 1. The van der Waals surface area contributed by atoms with Crippen LogP contribution in [0.2, 0.25) is 0 Å². The van der Waals surface area contributed by atoms with Crippen molar-refractivity contribution in [2.75, 3.05) is 13.7 Å². The largest absolute Gasteiger partial charge is 0.497 e. The van der Waals surface area contributed by atoms with E-state index in [1.807, 2.05) is 24.3 Å². The first kappa shape index (κ1) is 17.0. The summed E-state index contributed by atoms with van der Waals surface area (Å²) in [6, 6.07) is 13.2. The maximum Gasteiger partial charge on any atom is 0.222 e. The molecule has 0 saturated carbocycles. The molecule has 4 nitrogen and oxygen atoms in total. The van der Waals surface area contributed by atoms with E-state index in [4.69, 9.17) is 4.74 Å². The Morgan fingerprint density at radius 2 is 2.00 bits per heavy atom. The van der Waals surface area contributed by atoms with Crippen molar-refractivity contribution in [3.63, 3.8) is 0 Å². The van der Waals surface area contributed by atoms with Crippen molar-refractivity contribution < 1.29 is 19.0 Å². The Kier molecular flexibility index (Phi) is 6.11. The molecule has 0 fully saturated rings. The first-order valence-electron chi connectivity index (χ1n) is 7.41. The van der Waals surface area contributed by atoms with Crippen LogP contribution in [0.1, 0.15) is 23.7 Å². The summed E-state index contributed by atoms with van der Waals surface area (Å²) < 4.78 is 18.2. The first-order chi connectivity index (χ1) is 11.1. The van der Waals surface area contributed by atoms with Crippen LogP contribution < -0.4 is 10.1 Å². The molecule has 0 aliphatic carbocycles. The minimum atomic E-state index is -1.01. The summed E-state index contributed by atoms with van der Waals surface area (Å²) >= 11 is 0. The molecule has 0 spiro atoms. The van der Waals surface area contributed by atoms with Crippen molar-refractivity contribution in [1.82, 2.24) is 5.32 Å². The van der Waals surface area contributed by atoms with Crippen molar-refractivity contribution >= 4 is 5.91 Å². The van der Waals surface area contributed by atoms with Crippen molar-refractivity contribution in [2.24, 2.45) is 0 Å². The molecule has 23 heavy (non-hydrogen) atoms. The van der Waals surface area contributed by atoms with Gasteiger partial charge in [0.15, 0.2) is 0 Å². The van der Waals surface area contributed by atoms with E-state index in [2.05, 4.69) is 5.32 Å². The van der Waals surface area contributed by atoms with Gasteiger partial charge in [-0.05, 0) is 41.8 Å². The van der Waals surface area contributed by atoms with Crippen molar-refractivity contribution in [1.29, 1.82) is 0 Å². The minimum Gasteiger partial charge on any atom is -0.497 e. The lowest BCUT2D eigenvalue weighted by Gasteiger charge is -2.11. The molecular formula is C18H20FNO3. The van der Waals surface area contributed by atoms with Gasteiger partial charge < -0.3 is 15.2 Å². The van der Waals surface area contributed by atoms with E-state index in [9.17, 15) is 14.3 Å². The number of aliphatic hydroxyl groups is 1. The van der Waals surface area contributed by atoms with Crippen molar-refractivity contribution in [3.05, 3.63) is 65.5 Å². The van der Waals surface area contributed by atoms with E-state index < -0.39 is 11.9 Å². The molecule has 122 valence electrons. The number of aliphatic hydroxyl groups excluding tert-OH is 1. The fourth-order valence-electron chi connectivity index (χ4n) is 2.22. The molecule has 0 aromatic heterocycles. The highest BCUT2D eigenvalue weighted by Crippen LogP contribution is 2.17. The maximum absolute atomic E-state index is 13.1. The molecule has 0 bridgehead atoms. The van der Waals surface area contributed by atoms with E-state index >= 15 is 0 Å². The molecule has 0 heterocycles. The van der Waals surface area contributed by atoms with Gasteiger partial charge in [-0.1, -0.05) is 24.3 Å². The van der Waals surface area contributed by atoms with Crippen LogP contribution in [0.15, 0.2) is 48.5 Å². The molecule has 2 rings (SSSR count). The summed E-state index contributed by atoms with van der Waals surface area (Å²) in [7, 11) is 1.61. The summed E-state index contributed by atoms with van der Waals surface area (Å²) in [6.45, 7) is 0.473. The fourth-order valence-corrected chi connectivity index (χ4v) is 2.22. The molecule has 0 aliphatic rings. The predicted molar refractivity (Wildman–Crippen MR) is 85.7 cm³/mol. The standard InChI is InChI=1S/C18H20FNO3/c1-23-16-7-5-13(6-8-16)9-10-20-18(22)12-17(21)14-3-2-4-15(19)11-14/h2-8,11,17,21H,9-10,12H2,1H3,(H,20,22). The molecule has 0 aliphatic heterocycles. The lowest BCUT2D eigenvalue weighted by Crippen LogP contribution is -2.27. The van der Waals surface area contributed by atoms with Crippen LogP contribution in [0, 0.1) is 5.82 Å². The zero-order valence-electron chi connectivity index (χ0n) is 13.0.